The molecule has 0 aliphatic rings. The molecule has 3 nitrogen and oxygen atoms in total. The van der Waals surface area contributed by atoms with E-state index in [-0.39, 0.29) is 16.9 Å². The van der Waals surface area contributed by atoms with Gasteiger partial charge in [-0.2, -0.15) is 5.26 Å². The van der Waals surface area contributed by atoms with Crippen LogP contribution in [0.15, 0.2) is 30.4 Å². The summed E-state index contributed by atoms with van der Waals surface area (Å²) < 4.78 is 17.8. The van der Waals surface area contributed by atoms with Gasteiger partial charge in [0.05, 0.1) is 5.56 Å². The van der Waals surface area contributed by atoms with Crippen LogP contribution in [0.4, 0.5) is 4.39 Å². The monoisotopic (exact) mass is 205 g/mol. The summed E-state index contributed by atoms with van der Waals surface area (Å²) in [6, 6.07) is 5.25. The van der Waals surface area contributed by atoms with Crippen LogP contribution in [0.3, 0.4) is 0 Å². The molecule has 0 heterocycles. The summed E-state index contributed by atoms with van der Waals surface area (Å²) in [6.45, 7) is 4.88. The molecule has 0 spiro atoms. The molecule has 0 bridgehead atoms. The molecule has 15 heavy (non-hydrogen) atoms. The zero-order chi connectivity index (χ0) is 11.4. The largest absolute Gasteiger partial charge is 0.423 e. The van der Waals surface area contributed by atoms with Gasteiger partial charge >= 0.3 is 5.97 Å². The van der Waals surface area contributed by atoms with Crippen molar-refractivity contribution in [2.75, 3.05) is 0 Å². The Kier molecular flexibility index (Phi) is 3.19. The Morgan fingerprint density at radius 2 is 2.27 bits per heavy atom. The first-order valence-corrected chi connectivity index (χ1v) is 4.12. The standard InChI is InChI=1S/C11H8FNO2/c1-7(2)11(14)15-9-4-3-8(6-13)10(12)5-9/h3-5H,1H2,2H3. The van der Waals surface area contributed by atoms with Crippen molar-refractivity contribution in [2.45, 2.75) is 6.92 Å². The van der Waals surface area contributed by atoms with Crippen LogP contribution in [0.1, 0.15) is 12.5 Å². The topological polar surface area (TPSA) is 50.1 Å². The van der Waals surface area contributed by atoms with Crippen LogP contribution in [0.2, 0.25) is 0 Å². The quantitative estimate of drug-likeness (QED) is 0.422. The van der Waals surface area contributed by atoms with Crippen molar-refractivity contribution in [2.24, 2.45) is 0 Å². The molecule has 0 fully saturated rings. The summed E-state index contributed by atoms with van der Waals surface area (Å²) in [5, 5.41) is 8.47. The Morgan fingerprint density at radius 3 is 2.73 bits per heavy atom. The molecule has 76 valence electrons. The van der Waals surface area contributed by atoms with Crippen LogP contribution < -0.4 is 4.74 Å². The van der Waals surface area contributed by atoms with Crippen LogP contribution >= 0.6 is 0 Å². The van der Waals surface area contributed by atoms with E-state index in [0.29, 0.717) is 0 Å². The lowest BCUT2D eigenvalue weighted by molar-refractivity contribution is -0.130. The predicted molar refractivity (Wildman–Crippen MR) is 51.6 cm³/mol. The van der Waals surface area contributed by atoms with Crippen LogP contribution in [-0.2, 0) is 4.79 Å². The highest BCUT2D eigenvalue weighted by atomic mass is 19.1. The molecule has 1 aromatic rings. The van der Waals surface area contributed by atoms with Crippen LogP contribution in [0.5, 0.6) is 5.75 Å². The predicted octanol–water partition coefficient (Wildman–Crippen LogP) is 2.18. The van der Waals surface area contributed by atoms with Crippen molar-refractivity contribution < 1.29 is 13.9 Å². The fourth-order valence-corrected chi connectivity index (χ4v) is 0.844. The lowest BCUT2D eigenvalue weighted by atomic mass is 10.2. The van der Waals surface area contributed by atoms with E-state index in [1.54, 1.807) is 6.07 Å². The zero-order valence-corrected chi connectivity index (χ0v) is 8.08. The normalized spacial score (nSPS) is 9.13. The van der Waals surface area contributed by atoms with E-state index < -0.39 is 11.8 Å². The van der Waals surface area contributed by atoms with Crippen LogP contribution in [0, 0.1) is 17.1 Å². The van der Waals surface area contributed by atoms with Gasteiger partial charge in [-0.15, -0.1) is 0 Å². The first-order chi connectivity index (χ1) is 7.04. The van der Waals surface area contributed by atoms with Gasteiger partial charge in [-0.05, 0) is 19.1 Å². The van der Waals surface area contributed by atoms with Crippen molar-refractivity contribution >= 4 is 5.97 Å². The number of benzene rings is 1. The van der Waals surface area contributed by atoms with E-state index in [1.807, 2.05) is 0 Å². The Hall–Kier alpha value is -2.15. The molecule has 0 aliphatic heterocycles. The fourth-order valence-electron chi connectivity index (χ4n) is 0.844. The Bertz CT molecular complexity index is 460. The second-order valence-corrected chi connectivity index (χ2v) is 2.92. The van der Waals surface area contributed by atoms with Crippen molar-refractivity contribution in [3.8, 4) is 11.8 Å². The summed E-state index contributed by atoms with van der Waals surface area (Å²) in [6.07, 6.45) is 0. The van der Waals surface area contributed by atoms with E-state index in [0.717, 1.165) is 6.07 Å². The molecule has 0 atom stereocenters. The molecule has 0 N–H and O–H groups in total. The number of hydrogen-bond acceptors (Lipinski definition) is 3. The van der Waals surface area contributed by atoms with Crippen molar-refractivity contribution in [1.29, 1.82) is 5.26 Å². The maximum absolute atomic E-state index is 13.1. The highest BCUT2D eigenvalue weighted by molar-refractivity contribution is 5.88. The van der Waals surface area contributed by atoms with E-state index in [4.69, 9.17) is 10.00 Å². The number of ether oxygens (including phenoxy) is 1. The minimum absolute atomic E-state index is 0.0551. The van der Waals surface area contributed by atoms with Gasteiger partial charge in [-0.25, -0.2) is 9.18 Å². The molecule has 0 saturated heterocycles. The number of nitriles is 1. The number of nitrogens with zero attached hydrogens (tertiary/aromatic N) is 1. The molecule has 0 aromatic heterocycles. The molecule has 4 heteroatoms. The van der Waals surface area contributed by atoms with E-state index >= 15 is 0 Å². The summed E-state index contributed by atoms with van der Waals surface area (Å²) in [4.78, 5) is 11.1. The SMILES string of the molecule is C=C(C)C(=O)Oc1ccc(C#N)c(F)c1. The van der Waals surface area contributed by atoms with Gasteiger partial charge in [0.15, 0.2) is 0 Å². The highest BCUT2D eigenvalue weighted by Crippen LogP contribution is 2.16. The third-order valence-electron chi connectivity index (χ3n) is 1.62. The number of carbonyl (C=O) groups excluding carboxylic acids is 1. The van der Waals surface area contributed by atoms with Gasteiger partial charge in [0, 0.05) is 11.6 Å². The summed E-state index contributed by atoms with van der Waals surface area (Å²) in [5.74, 6) is -1.29. The van der Waals surface area contributed by atoms with Gasteiger partial charge in [0.25, 0.3) is 0 Å². The summed E-state index contributed by atoms with van der Waals surface area (Å²) in [5.41, 5.74) is 0.130. The first-order valence-electron chi connectivity index (χ1n) is 4.12. The first kappa shape index (κ1) is 10.9. The third kappa shape index (κ3) is 2.64. The maximum atomic E-state index is 13.1. The molecule has 0 aliphatic carbocycles. The number of halogens is 1. The van der Waals surface area contributed by atoms with Gasteiger partial charge < -0.3 is 4.74 Å². The lowest BCUT2D eigenvalue weighted by Crippen LogP contribution is -2.08. The van der Waals surface area contributed by atoms with Gasteiger partial charge in [-0.3, -0.25) is 0 Å². The molecule has 1 aromatic carbocycles. The number of esters is 1. The minimum atomic E-state index is -0.718. The molecule has 0 saturated carbocycles. The molecule has 0 radical (unpaired) electrons. The number of carbonyl (C=O) groups is 1. The zero-order valence-electron chi connectivity index (χ0n) is 8.08. The summed E-state index contributed by atoms with van der Waals surface area (Å²) >= 11 is 0. The van der Waals surface area contributed by atoms with E-state index in [9.17, 15) is 9.18 Å². The Balaban J connectivity index is 2.90. The van der Waals surface area contributed by atoms with Gasteiger partial charge in [0.2, 0.25) is 0 Å². The third-order valence-corrected chi connectivity index (χ3v) is 1.62. The Morgan fingerprint density at radius 1 is 1.60 bits per heavy atom. The van der Waals surface area contributed by atoms with Crippen molar-refractivity contribution in [3.05, 3.63) is 41.7 Å². The van der Waals surface area contributed by atoms with Gasteiger partial charge in [0.1, 0.15) is 17.6 Å². The Labute approximate surface area is 86.4 Å². The molecule has 0 amide bonds. The molecule has 1 rings (SSSR count). The average Bonchev–Trinajstić information content (AvgIpc) is 2.18. The summed E-state index contributed by atoms with van der Waals surface area (Å²) in [7, 11) is 0. The second-order valence-electron chi connectivity index (χ2n) is 2.92. The van der Waals surface area contributed by atoms with Crippen molar-refractivity contribution in [1.82, 2.24) is 0 Å². The van der Waals surface area contributed by atoms with E-state index in [1.165, 1.54) is 19.1 Å². The smallest absolute Gasteiger partial charge is 0.338 e. The maximum Gasteiger partial charge on any atom is 0.338 e. The molecule has 0 unspecified atom stereocenters. The lowest BCUT2D eigenvalue weighted by Gasteiger charge is -2.03. The van der Waals surface area contributed by atoms with Crippen molar-refractivity contribution in [3.63, 3.8) is 0 Å². The second kappa shape index (κ2) is 4.38. The molecular weight excluding hydrogens is 197 g/mol. The molecular formula is C11H8FNO2. The highest BCUT2D eigenvalue weighted by Gasteiger charge is 2.08. The minimum Gasteiger partial charge on any atom is -0.423 e. The van der Waals surface area contributed by atoms with Gasteiger partial charge in [-0.1, -0.05) is 6.58 Å². The fraction of sp³-hybridized carbons (Fsp3) is 0.0909. The average molecular weight is 205 g/mol. The van der Waals surface area contributed by atoms with E-state index in [2.05, 4.69) is 6.58 Å². The number of hydrogen-bond donors (Lipinski definition) is 0. The van der Waals surface area contributed by atoms with Crippen LogP contribution in [0.25, 0.3) is 0 Å². The van der Waals surface area contributed by atoms with Crippen LogP contribution in [-0.4, -0.2) is 5.97 Å². The number of rotatable bonds is 2.